The molecule has 0 saturated carbocycles. The summed E-state index contributed by atoms with van der Waals surface area (Å²) in [5.41, 5.74) is 2.82. The SMILES string of the molecule is COC(=O)c1cccc(COc2ccc(-c3cc(C4CCN(C(=O)CNC(=O)[C@@H](CC(C)C)NC(=O)OC(C)(C)C)CC4)n(C)n3)c(Cl)c2Cl)c1. The van der Waals surface area contributed by atoms with Gasteiger partial charge in [-0.1, -0.05) is 49.2 Å². The molecule has 0 radical (unpaired) electrons. The molecule has 1 atom stereocenters. The molecular weight excluding hydrogens is 697 g/mol. The average molecular weight is 745 g/mol. The Balaban J connectivity index is 1.33. The molecule has 1 aliphatic rings. The zero-order valence-electron chi connectivity index (χ0n) is 30.2. The molecule has 2 N–H and O–H groups in total. The van der Waals surface area contributed by atoms with E-state index in [2.05, 4.69) is 10.6 Å². The number of hydrogen-bond donors (Lipinski definition) is 2. The van der Waals surface area contributed by atoms with Gasteiger partial charge in [-0.05, 0) is 81.8 Å². The number of piperidine rings is 1. The largest absolute Gasteiger partial charge is 0.487 e. The predicted molar refractivity (Wildman–Crippen MR) is 195 cm³/mol. The van der Waals surface area contributed by atoms with Crippen molar-refractivity contribution in [2.45, 2.75) is 78.0 Å². The molecule has 0 bridgehead atoms. The van der Waals surface area contributed by atoms with Gasteiger partial charge in [-0.25, -0.2) is 9.59 Å². The summed E-state index contributed by atoms with van der Waals surface area (Å²) < 4.78 is 17.9. The highest BCUT2D eigenvalue weighted by Gasteiger charge is 2.29. The van der Waals surface area contributed by atoms with Crippen LogP contribution in [0.1, 0.15) is 81.4 Å². The van der Waals surface area contributed by atoms with Crippen molar-refractivity contribution in [2.24, 2.45) is 13.0 Å². The second kappa shape index (κ2) is 17.3. The number of esters is 1. The normalized spacial score (nSPS) is 14.2. The number of nitrogens with one attached hydrogen (secondary N) is 2. The van der Waals surface area contributed by atoms with Crippen molar-refractivity contribution < 1.29 is 33.4 Å². The van der Waals surface area contributed by atoms with Gasteiger partial charge in [-0.3, -0.25) is 14.3 Å². The van der Waals surface area contributed by atoms with Gasteiger partial charge in [0.1, 0.15) is 29.0 Å². The van der Waals surface area contributed by atoms with Crippen LogP contribution in [-0.4, -0.2) is 76.9 Å². The summed E-state index contributed by atoms with van der Waals surface area (Å²) in [7, 11) is 3.21. The van der Waals surface area contributed by atoms with E-state index in [1.54, 1.807) is 49.9 Å². The molecular formula is C37H47Cl2N5O7. The maximum absolute atomic E-state index is 13.1. The fourth-order valence-electron chi connectivity index (χ4n) is 5.88. The van der Waals surface area contributed by atoms with E-state index in [9.17, 15) is 19.2 Å². The zero-order chi connectivity index (χ0) is 37.5. The summed E-state index contributed by atoms with van der Waals surface area (Å²) in [5, 5.41) is 10.6. The van der Waals surface area contributed by atoms with Crippen LogP contribution in [-0.2, 0) is 32.7 Å². The minimum atomic E-state index is -0.818. The van der Waals surface area contributed by atoms with Gasteiger partial charge in [0.2, 0.25) is 11.8 Å². The first-order valence-corrected chi connectivity index (χ1v) is 17.7. The van der Waals surface area contributed by atoms with Crippen molar-refractivity contribution in [1.29, 1.82) is 0 Å². The van der Waals surface area contributed by atoms with Crippen LogP contribution in [0, 0.1) is 5.92 Å². The number of ether oxygens (including phenoxy) is 3. The molecule has 51 heavy (non-hydrogen) atoms. The summed E-state index contributed by atoms with van der Waals surface area (Å²) in [6.07, 6.45) is 1.16. The van der Waals surface area contributed by atoms with E-state index in [-0.39, 0.29) is 35.9 Å². The number of aromatic nitrogens is 2. The van der Waals surface area contributed by atoms with Crippen molar-refractivity contribution in [2.75, 3.05) is 26.7 Å². The maximum Gasteiger partial charge on any atom is 0.408 e. The van der Waals surface area contributed by atoms with E-state index in [1.807, 2.05) is 43.8 Å². The lowest BCUT2D eigenvalue weighted by Gasteiger charge is -2.32. The Labute approximate surface area is 309 Å². The first-order chi connectivity index (χ1) is 24.1. The maximum atomic E-state index is 13.1. The van der Waals surface area contributed by atoms with Gasteiger partial charge in [0.25, 0.3) is 0 Å². The van der Waals surface area contributed by atoms with Crippen molar-refractivity contribution in [3.63, 3.8) is 0 Å². The van der Waals surface area contributed by atoms with Crippen LogP contribution >= 0.6 is 23.2 Å². The molecule has 2 aromatic carbocycles. The Morgan fingerprint density at radius 1 is 1.02 bits per heavy atom. The minimum Gasteiger partial charge on any atom is -0.487 e. The summed E-state index contributed by atoms with van der Waals surface area (Å²) >= 11 is 13.4. The fourth-order valence-corrected chi connectivity index (χ4v) is 6.35. The molecule has 12 nitrogen and oxygen atoms in total. The molecule has 3 amide bonds. The first kappa shape index (κ1) is 39.5. The van der Waals surface area contributed by atoms with E-state index in [1.165, 1.54) is 7.11 Å². The Kier molecular flexibility index (Phi) is 13.4. The number of amides is 3. The molecule has 1 fully saturated rings. The highest BCUT2D eigenvalue weighted by Crippen LogP contribution is 2.40. The van der Waals surface area contributed by atoms with Gasteiger partial charge < -0.3 is 29.7 Å². The van der Waals surface area contributed by atoms with Gasteiger partial charge in [0.05, 0.1) is 29.9 Å². The third kappa shape index (κ3) is 10.9. The van der Waals surface area contributed by atoms with Gasteiger partial charge in [0.15, 0.2) is 0 Å². The van der Waals surface area contributed by atoms with Gasteiger partial charge >= 0.3 is 12.1 Å². The second-order valence-corrected chi connectivity index (χ2v) is 14.8. The molecule has 276 valence electrons. The number of rotatable bonds is 12. The topological polar surface area (TPSA) is 141 Å². The van der Waals surface area contributed by atoms with Crippen molar-refractivity contribution >= 4 is 47.1 Å². The van der Waals surface area contributed by atoms with Crippen LogP contribution in [0.3, 0.4) is 0 Å². The van der Waals surface area contributed by atoms with E-state index >= 15 is 0 Å². The molecule has 0 unspecified atom stereocenters. The van der Waals surface area contributed by atoms with Crippen LogP contribution in [0.25, 0.3) is 11.3 Å². The number of carbonyl (C=O) groups is 4. The van der Waals surface area contributed by atoms with Gasteiger partial charge in [-0.2, -0.15) is 5.10 Å². The molecule has 2 heterocycles. The third-order valence-electron chi connectivity index (χ3n) is 8.38. The number of aryl methyl sites for hydroxylation is 1. The van der Waals surface area contributed by atoms with Crippen LogP contribution in [0.15, 0.2) is 42.5 Å². The lowest BCUT2D eigenvalue weighted by molar-refractivity contribution is -0.134. The molecule has 1 saturated heterocycles. The minimum absolute atomic E-state index is 0.134. The Hall–Kier alpha value is -4.29. The standard InChI is InChI=1S/C37H47Cl2N5O7/c1-22(2)17-28(41-36(48)51-37(3,4)5)34(46)40-20-31(45)44-15-13-24(14-16-44)29-19-27(42-43(29)6)26-11-12-30(33(39)32(26)38)50-21-23-9-8-10-25(18-23)35(47)49-7/h8-12,18-19,22,24,28H,13-17,20-21H2,1-7H3,(H,40,46)(H,41,48)/t28-/m1/s1. The Bertz CT molecular complexity index is 1730. The van der Waals surface area contributed by atoms with Crippen LogP contribution < -0.4 is 15.4 Å². The van der Waals surface area contributed by atoms with Crippen molar-refractivity contribution in [1.82, 2.24) is 25.3 Å². The fraction of sp³-hybridized carbons (Fsp3) is 0.486. The Morgan fingerprint density at radius 3 is 2.37 bits per heavy atom. The quantitative estimate of drug-likeness (QED) is 0.200. The summed E-state index contributed by atoms with van der Waals surface area (Å²) in [6.45, 7) is 10.2. The number of likely N-dealkylation sites (tertiary alicyclic amines) is 1. The van der Waals surface area contributed by atoms with Crippen LogP contribution in [0.4, 0.5) is 4.79 Å². The van der Waals surface area contributed by atoms with E-state index in [0.717, 1.165) is 11.3 Å². The van der Waals surface area contributed by atoms with E-state index in [4.69, 9.17) is 42.5 Å². The Morgan fingerprint density at radius 2 is 1.73 bits per heavy atom. The molecule has 1 aliphatic heterocycles. The van der Waals surface area contributed by atoms with Crippen molar-refractivity contribution in [3.05, 3.63) is 69.3 Å². The summed E-state index contributed by atoms with van der Waals surface area (Å²) in [4.78, 5) is 51.9. The molecule has 1 aromatic heterocycles. The summed E-state index contributed by atoms with van der Waals surface area (Å²) in [5.74, 6) is -0.361. The molecule has 4 rings (SSSR count). The number of halogens is 2. The van der Waals surface area contributed by atoms with Crippen LogP contribution in [0.5, 0.6) is 5.75 Å². The highest BCUT2D eigenvalue weighted by atomic mass is 35.5. The molecule has 14 heteroatoms. The number of methoxy groups -OCH3 is 1. The molecule has 3 aromatic rings. The molecule has 0 spiro atoms. The summed E-state index contributed by atoms with van der Waals surface area (Å²) in [6, 6.07) is 11.7. The van der Waals surface area contributed by atoms with Gasteiger partial charge in [-0.15, -0.1) is 0 Å². The highest BCUT2D eigenvalue weighted by molar-refractivity contribution is 6.44. The average Bonchev–Trinajstić information content (AvgIpc) is 3.47. The first-order valence-electron chi connectivity index (χ1n) is 16.9. The number of carbonyl (C=O) groups excluding carboxylic acids is 4. The van der Waals surface area contributed by atoms with Crippen molar-refractivity contribution in [3.8, 4) is 17.0 Å². The van der Waals surface area contributed by atoms with E-state index < -0.39 is 29.6 Å². The number of benzene rings is 2. The van der Waals surface area contributed by atoms with Gasteiger partial charge in [0, 0.05) is 37.3 Å². The lowest BCUT2D eigenvalue weighted by Crippen LogP contribution is -2.51. The number of nitrogens with zero attached hydrogens (tertiary/aromatic N) is 3. The third-order valence-corrected chi connectivity index (χ3v) is 9.24. The molecule has 0 aliphatic carbocycles. The predicted octanol–water partition coefficient (Wildman–Crippen LogP) is 6.52. The smallest absolute Gasteiger partial charge is 0.408 e. The second-order valence-electron chi connectivity index (χ2n) is 14.0. The number of alkyl carbamates (subject to hydrolysis) is 1. The number of hydrogen-bond acceptors (Lipinski definition) is 8. The zero-order valence-corrected chi connectivity index (χ0v) is 31.7. The van der Waals surface area contributed by atoms with Crippen LogP contribution in [0.2, 0.25) is 10.0 Å². The monoisotopic (exact) mass is 743 g/mol. The lowest BCUT2D eigenvalue weighted by atomic mass is 9.92. The van der Waals surface area contributed by atoms with E-state index in [0.29, 0.717) is 59.9 Å².